The average molecular weight is 237 g/mol. The second-order valence-electron chi connectivity index (χ2n) is 3.99. The van der Waals surface area contributed by atoms with Crippen molar-refractivity contribution in [3.8, 4) is 0 Å². The summed E-state index contributed by atoms with van der Waals surface area (Å²) in [6.45, 7) is 8.16. The maximum Gasteiger partial charge on any atom is -0.00927 e. The first-order chi connectivity index (χ1) is 8.78. The Morgan fingerprint density at radius 3 is 1.83 bits per heavy atom. The van der Waals surface area contributed by atoms with Crippen LogP contribution >= 0.6 is 0 Å². The molecule has 0 atom stereocenters. The fourth-order valence-electron chi connectivity index (χ4n) is 1.93. The van der Waals surface area contributed by atoms with Crippen molar-refractivity contribution in [1.29, 1.82) is 0 Å². The smallest absolute Gasteiger partial charge is 0.00927 e. The number of benzene rings is 1. The molecule has 1 aromatic carbocycles. The summed E-state index contributed by atoms with van der Waals surface area (Å²) in [5, 5.41) is 0. The summed E-state index contributed by atoms with van der Waals surface area (Å²) in [6.07, 6.45) is 16.8. The van der Waals surface area contributed by atoms with E-state index in [9.17, 15) is 0 Å². The Hall–Kier alpha value is -1.82. The molecule has 0 aliphatic rings. The zero-order chi connectivity index (χ0) is 13.4. The third-order valence-electron chi connectivity index (χ3n) is 2.62. The summed E-state index contributed by atoms with van der Waals surface area (Å²) in [5.74, 6) is 0. The van der Waals surface area contributed by atoms with Gasteiger partial charge in [-0.15, -0.1) is 0 Å². The first-order valence-electron chi connectivity index (χ1n) is 6.37. The SMILES string of the molecule is CC=Cc1[c]cc(C=CC)c(C=CC)c1C=CC. The Kier molecular flexibility index (Phi) is 5.93. The highest BCUT2D eigenvalue weighted by molar-refractivity contribution is 5.79. The van der Waals surface area contributed by atoms with Gasteiger partial charge in [0.25, 0.3) is 0 Å². The van der Waals surface area contributed by atoms with E-state index < -0.39 is 0 Å². The summed E-state index contributed by atoms with van der Waals surface area (Å²) in [4.78, 5) is 0. The molecule has 0 spiro atoms. The fourth-order valence-corrected chi connectivity index (χ4v) is 1.93. The highest BCUT2D eigenvalue weighted by Gasteiger charge is 2.05. The standard InChI is InChI=1S/C18H21/c1-5-9-15-13-14-16(10-6-2)18(12-8-4)17(15)11-7-3/h5-13H,1-4H3. The van der Waals surface area contributed by atoms with Crippen LogP contribution < -0.4 is 0 Å². The van der Waals surface area contributed by atoms with Crippen molar-refractivity contribution in [2.24, 2.45) is 0 Å². The molecular weight excluding hydrogens is 216 g/mol. The molecule has 18 heavy (non-hydrogen) atoms. The van der Waals surface area contributed by atoms with Gasteiger partial charge in [0.2, 0.25) is 0 Å². The van der Waals surface area contributed by atoms with Gasteiger partial charge < -0.3 is 0 Å². The van der Waals surface area contributed by atoms with Gasteiger partial charge in [-0.1, -0.05) is 48.6 Å². The summed E-state index contributed by atoms with van der Waals surface area (Å²) < 4.78 is 0. The minimum absolute atomic E-state index is 1.14. The fraction of sp³-hybridized carbons (Fsp3) is 0.222. The molecule has 1 rings (SSSR count). The molecule has 0 saturated heterocycles. The van der Waals surface area contributed by atoms with E-state index in [1.54, 1.807) is 0 Å². The zero-order valence-electron chi connectivity index (χ0n) is 11.7. The normalized spacial score (nSPS) is 12.7. The molecule has 0 heteroatoms. The van der Waals surface area contributed by atoms with Crippen LogP contribution in [0.5, 0.6) is 0 Å². The third-order valence-corrected chi connectivity index (χ3v) is 2.62. The van der Waals surface area contributed by atoms with Crippen molar-refractivity contribution in [2.45, 2.75) is 27.7 Å². The first kappa shape index (κ1) is 14.2. The monoisotopic (exact) mass is 237 g/mol. The Morgan fingerprint density at radius 1 is 0.722 bits per heavy atom. The van der Waals surface area contributed by atoms with Crippen molar-refractivity contribution >= 4 is 24.3 Å². The molecule has 0 heterocycles. The second-order valence-corrected chi connectivity index (χ2v) is 3.99. The molecule has 0 fully saturated rings. The van der Waals surface area contributed by atoms with Crippen LogP contribution in [0.2, 0.25) is 0 Å². The number of hydrogen-bond acceptors (Lipinski definition) is 0. The van der Waals surface area contributed by atoms with Crippen molar-refractivity contribution in [3.05, 3.63) is 58.7 Å². The lowest BCUT2D eigenvalue weighted by molar-refractivity contribution is 1.51. The van der Waals surface area contributed by atoms with E-state index in [-0.39, 0.29) is 0 Å². The predicted molar refractivity (Wildman–Crippen MR) is 84.1 cm³/mol. The molecule has 0 nitrogen and oxygen atoms in total. The van der Waals surface area contributed by atoms with Gasteiger partial charge in [-0.05, 0) is 62.1 Å². The van der Waals surface area contributed by atoms with Gasteiger partial charge in [0.05, 0.1) is 0 Å². The second kappa shape index (κ2) is 7.50. The Labute approximate surface area is 111 Å². The third kappa shape index (κ3) is 3.33. The van der Waals surface area contributed by atoms with Crippen LogP contribution in [0.4, 0.5) is 0 Å². The number of rotatable bonds is 4. The number of hydrogen-bond donors (Lipinski definition) is 0. The van der Waals surface area contributed by atoms with Crippen molar-refractivity contribution in [2.75, 3.05) is 0 Å². The molecule has 0 N–H and O–H groups in total. The zero-order valence-corrected chi connectivity index (χ0v) is 11.7. The van der Waals surface area contributed by atoms with E-state index in [4.69, 9.17) is 0 Å². The molecule has 0 aliphatic heterocycles. The van der Waals surface area contributed by atoms with E-state index in [0.717, 1.165) is 5.56 Å². The molecule has 0 aromatic heterocycles. The van der Waals surface area contributed by atoms with Crippen LogP contribution in [0.1, 0.15) is 49.9 Å². The molecule has 0 saturated carbocycles. The highest BCUT2D eigenvalue weighted by Crippen LogP contribution is 2.24. The summed E-state index contributed by atoms with van der Waals surface area (Å²) >= 11 is 0. The van der Waals surface area contributed by atoms with Crippen LogP contribution in [0.25, 0.3) is 24.3 Å². The van der Waals surface area contributed by atoms with E-state index in [1.807, 2.05) is 33.8 Å². The molecule has 0 unspecified atom stereocenters. The van der Waals surface area contributed by atoms with Gasteiger partial charge in [-0.2, -0.15) is 0 Å². The van der Waals surface area contributed by atoms with E-state index in [2.05, 4.69) is 54.7 Å². The van der Waals surface area contributed by atoms with Gasteiger partial charge in [-0.25, -0.2) is 0 Å². The molecule has 1 aromatic rings. The van der Waals surface area contributed by atoms with Gasteiger partial charge in [-0.3, -0.25) is 0 Å². The van der Waals surface area contributed by atoms with E-state index in [1.165, 1.54) is 16.7 Å². The Balaban J connectivity index is 3.58. The summed E-state index contributed by atoms with van der Waals surface area (Å²) in [7, 11) is 0. The minimum Gasteiger partial charge on any atom is -0.0870 e. The predicted octanol–water partition coefficient (Wildman–Crippen LogP) is 5.62. The molecule has 0 amide bonds. The maximum absolute atomic E-state index is 3.35. The van der Waals surface area contributed by atoms with Crippen LogP contribution in [0, 0.1) is 6.07 Å². The van der Waals surface area contributed by atoms with Crippen molar-refractivity contribution in [1.82, 2.24) is 0 Å². The molecule has 0 bridgehead atoms. The molecule has 93 valence electrons. The van der Waals surface area contributed by atoms with Gasteiger partial charge in [0.15, 0.2) is 0 Å². The highest BCUT2D eigenvalue weighted by atomic mass is 14.1. The Bertz CT molecular complexity index is 450. The van der Waals surface area contributed by atoms with Gasteiger partial charge in [0.1, 0.15) is 0 Å². The van der Waals surface area contributed by atoms with E-state index >= 15 is 0 Å². The lowest BCUT2D eigenvalue weighted by Crippen LogP contribution is -1.91. The topological polar surface area (TPSA) is 0 Å². The minimum atomic E-state index is 1.14. The summed E-state index contributed by atoms with van der Waals surface area (Å²) in [6, 6.07) is 5.41. The van der Waals surface area contributed by atoms with Crippen LogP contribution in [-0.2, 0) is 0 Å². The lowest BCUT2D eigenvalue weighted by Gasteiger charge is -2.10. The van der Waals surface area contributed by atoms with Gasteiger partial charge >= 0.3 is 0 Å². The quantitative estimate of drug-likeness (QED) is 0.637. The van der Waals surface area contributed by atoms with Crippen molar-refractivity contribution in [3.63, 3.8) is 0 Å². The van der Waals surface area contributed by atoms with Crippen LogP contribution in [-0.4, -0.2) is 0 Å². The van der Waals surface area contributed by atoms with Gasteiger partial charge in [0, 0.05) is 0 Å². The molecular formula is C18H21. The molecule has 0 aliphatic carbocycles. The number of allylic oxidation sites excluding steroid dienone is 4. The van der Waals surface area contributed by atoms with Crippen LogP contribution in [0.15, 0.2) is 30.4 Å². The molecule has 1 radical (unpaired) electrons. The average Bonchev–Trinajstić information content (AvgIpc) is 2.37. The van der Waals surface area contributed by atoms with Crippen LogP contribution in [0.3, 0.4) is 0 Å². The Morgan fingerprint density at radius 2 is 1.28 bits per heavy atom. The summed E-state index contributed by atoms with van der Waals surface area (Å²) in [5.41, 5.74) is 4.82. The first-order valence-corrected chi connectivity index (χ1v) is 6.37. The van der Waals surface area contributed by atoms with Crippen molar-refractivity contribution < 1.29 is 0 Å². The lowest BCUT2D eigenvalue weighted by atomic mass is 9.94. The maximum atomic E-state index is 3.35. The largest absolute Gasteiger partial charge is 0.0870 e. The van der Waals surface area contributed by atoms with E-state index in [0.29, 0.717) is 0 Å².